The number of hydrogen-bond donors (Lipinski definition) is 2. The third-order valence-electron chi connectivity index (χ3n) is 2.95. The zero-order valence-electron chi connectivity index (χ0n) is 11.0. The molecule has 1 aromatic carbocycles. The van der Waals surface area contributed by atoms with Crippen LogP contribution in [-0.4, -0.2) is 36.9 Å². The number of hydrogen-bond acceptors (Lipinski definition) is 3. The largest absolute Gasteiger partial charge is 0.395 e. The van der Waals surface area contributed by atoms with Crippen molar-refractivity contribution in [1.82, 2.24) is 5.32 Å². The molecule has 2 N–H and O–H groups in total. The molecule has 1 amide bonds. The summed E-state index contributed by atoms with van der Waals surface area (Å²) in [5.74, 6) is 4.49. The zero-order chi connectivity index (χ0) is 14.4. The minimum absolute atomic E-state index is 0.0206. The minimum Gasteiger partial charge on any atom is -0.395 e. The lowest BCUT2D eigenvalue weighted by Gasteiger charge is -2.11. The predicted octanol–water partition coefficient (Wildman–Crippen LogP) is 1.08. The number of benzene rings is 1. The van der Waals surface area contributed by atoms with E-state index in [4.69, 9.17) is 9.84 Å². The second kappa shape index (κ2) is 7.04. The van der Waals surface area contributed by atoms with Crippen LogP contribution in [0, 0.1) is 17.7 Å². The molecule has 0 saturated carbocycles. The smallest absolute Gasteiger partial charge is 0.254 e. The number of aliphatic hydroxyl groups is 1. The molecule has 5 heteroatoms. The van der Waals surface area contributed by atoms with Crippen LogP contribution in [0.15, 0.2) is 18.2 Å². The Hall–Kier alpha value is -1.90. The first-order valence-electron chi connectivity index (χ1n) is 6.48. The molecule has 106 valence electrons. The number of amides is 1. The molecule has 0 aliphatic carbocycles. The summed E-state index contributed by atoms with van der Waals surface area (Å²) in [5.41, 5.74) is 0.528. The summed E-state index contributed by atoms with van der Waals surface area (Å²) in [6.07, 6.45) is 1.08. The summed E-state index contributed by atoms with van der Waals surface area (Å²) < 4.78 is 18.9. The third-order valence-corrected chi connectivity index (χ3v) is 2.95. The average molecular weight is 277 g/mol. The van der Waals surface area contributed by atoms with Crippen molar-refractivity contribution in [3.8, 4) is 11.8 Å². The van der Waals surface area contributed by atoms with E-state index >= 15 is 0 Å². The van der Waals surface area contributed by atoms with Gasteiger partial charge in [0, 0.05) is 18.6 Å². The monoisotopic (exact) mass is 277 g/mol. The van der Waals surface area contributed by atoms with Crippen LogP contribution in [0.4, 0.5) is 4.39 Å². The second-order valence-corrected chi connectivity index (χ2v) is 4.50. The van der Waals surface area contributed by atoms with E-state index in [-0.39, 0.29) is 18.2 Å². The van der Waals surface area contributed by atoms with Crippen molar-refractivity contribution in [2.75, 3.05) is 19.8 Å². The summed E-state index contributed by atoms with van der Waals surface area (Å²) in [4.78, 5) is 12.0. The van der Waals surface area contributed by atoms with Gasteiger partial charge in [0.15, 0.2) is 0 Å². The third kappa shape index (κ3) is 3.80. The quantitative estimate of drug-likeness (QED) is 0.813. The highest BCUT2D eigenvalue weighted by Crippen LogP contribution is 2.12. The predicted molar refractivity (Wildman–Crippen MR) is 71.7 cm³/mol. The zero-order valence-corrected chi connectivity index (χ0v) is 11.0. The molecule has 0 bridgehead atoms. The van der Waals surface area contributed by atoms with Crippen molar-refractivity contribution >= 4 is 5.91 Å². The van der Waals surface area contributed by atoms with E-state index in [1.165, 1.54) is 18.2 Å². The Bertz CT molecular complexity index is 542. The van der Waals surface area contributed by atoms with Crippen LogP contribution in [0.5, 0.6) is 0 Å². The Morgan fingerprint density at radius 2 is 2.40 bits per heavy atom. The number of nitrogens with one attached hydrogen (secondary N) is 1. The van der Waals surface area contributed by atoms with Crippen molar-refractivity contribution < 1.29 is 19.0 Å². The van der Waals surface area contributed by atoms with Crippen LogP contribution in [0.2, 0.25) is 0 Å². The summed E-state index contributed by atoms with van der Waals surface area (Å²) in [6.45, 7) is 1.05. The summed E-state index contributed by atoms with van der Waals surface area (Å²) in [6, 6.07) is 4.09. The maximum absolute atomic E-state index is 13.7. The number of carbonyl (C=O) groups excluding carboxylic acids is 1. The Morgan fingerprint density at radius 1 is 1.55 bits per heavy atom. The van der Waals surface area contributed by atoms with E-state index in [1.807, 2.05) is 0 Å². The van der Waals surface area contributed by atoms with Crippen LogP contribution in [0.1, 0.15) is 28.8 Å². The van der Waals surface area contributed by atoms with E-state index in [0.717, 1.165) is 6.42 Å². The molecule has 1 heterocycles. The van der Waals surface area contributed by atoms with Gasteiger partial charge in [-0.15, -0.1) is 0 Å². The van der Waals surface area contributed by atoms with Gasteiger partial charge in [0.05, 0.1) is 24.8 Å². The number of carbonyl (C=O) groups is 1. The highest BCUT2D eigenvalue weighted by molar-refractivity contribution is 5.95. The van der Waals surface area contributed by atoms with Gasteiger partial charge >= 0.3 is 0 Å². The maximum atomic E-state index is 13.7. The van der Waals surface area contributed by atoms with Gasteiger partial charge in [0.2, 0.25) is 0 Å². The number of aliphatic hydroxyl groups excluding tert-OH is 1. The van der Waals surface area contributed by atoms with Gasteiger partial charge in [-0.05, 0) is 24.6 Å². The van der Waals surface area contributed by atoms with E-state index in [1.54, 1.807) is 0 Å². The summed E-state index contributed by atoms with van der Waals surface area (Å²) in [7, 11) is 0. The van der Waals surface area contributed by atoms with Crippen molar-refractivity contribution in [2.45, 2.75) is 18.9 Å². The molecule has 1 fully saturated rings. The minimum atomic E-state index is -0.575. The molecule has 2 rings (SSSR count). The van der Waals surface area contributed by atoms with Crippen LogP contribution in [0.25, 0.3) is 0 Å². The Labute approximate surface area is 116 Å². The molecule has 4 nitrogen and oxygen atoms in total. The van der Waals surface area contributed by atoms with Crippen molar-refractivity contribution in [1.29, 1.82) is 0 Å². The van der Waals surface area contributed by atoms with Crippen LogP contribution < -0.4 is 5.32 Å². The molecule has 0 spiro atoms. The average Bonchev–Trinajstić information content (AvgIpc) is 2.93. The van der Waals surface area contributed by atoms with Crippen molar-refractivity contribution in [3.05, 3.63) is 35.1 Å². The maximum Gasteiger partial charge on any atom is 0.254 e. The number of ether oxygens (including phenoxy) is 1. The van der Waals surface area contributed by atoms with Gasteiger partial charge in [-0.25, -0.2) is 4.39 Å². The highest BCUT2D eigenvalue weighted by Gasteiger charge is 2.20. The lowest BCUT2D eigenvalue weighted by molar-refractivity contribution is 0.0926. The molecule has 1 aromatic rings. The summed E-state index contributed by atoms with van der Waals surface area (Å²) in [5, 5.41) is 11.4. The fraction of sp³-hybridized carbons (Fsp3) is 0.400. The SMILES string of the molecule is O=C(NC1CCOC1)c1cc(C#CCCO)ccc1F. The van der Waals surface area contributed by atoms with Crippen LogP contribution in [0.3, 0.4) is 0 Å². The van der Waals surface area contributed by atoms with E-state index in [0.29, 0.717) is 25.2 Å². The highest BCUT2D eigenvalue weighted by atomic mass is 19.1. The molecule has 1 atom stereocenters. The van der Waals surface area contributed by atoms with Crippen molar-refractivity contribution in [3.63, 3.8) is 0 Å². The fourth-order valence-electron chi connectivity index (χ4n) is 1.91. The molecule has 1 unspecified atom stereocenters. The molecule has 1 saturated heterocycles. The van der Waals surface area contributed by atoms with E-state index in [2.05, 4.69) is 17.2 Å². The van der Waals surface area contributed by atoms with Gasteiger partial charge in [-0.2, -0.15) is 0 Å². The first kappa shape index (κ1) is 14.5. The first-order valence-corrected chi connectivity index (χ1v) is 6.48. The van der Waals surface area contributed by atoms with Gasteiger partial charge in [-0.1, -0.05) is 11.8 Å². The Balaban J connectivity index is 2.11. The lowest BCUT2D eigenvalue weighted by atomic mass is 10.1. The molecule has 0 aromatic heterocycles. The molecular formula is C15H16FNO3. The van der Waals surface area contributed by atoms with Gasteiger partial charge in [0.25, 0.3) is 5.91 Å². The first-order chi connectivity index (χ1) is 9.70. The molecule has 1 aliphatic heterocycles. The Morgan fingerprint density at radius 3 is 3.10 bits per heavy atom. The lowest BCUT2D eigenvalue weighted by Crippen LogP contribution is -2.35. The molecule has 1 aliphatic rings. The van der Waals surface area contributed by atoms with E-state index < -0.39 is 11.7 Å². The molecular weight excluding hydrogens is 261 g/mol. The van der Waals surface area contributed by atoms with Crippen LogP contribution in [-0.2, 0) is 4.74 Å². The normalized spacial score (nSPS) is 17.4. The van der Waals surface area contributed by atoms with Gasteiger partial charge in [-0.3, -0.25) is 4.79 Å². The van der Waals surface area contributed by atoms with Crippen molar-refractivity contribution in [2.24, 2.45) is 0 Å². The van der Waals surface area contributed by atoms with Gasteiger partial charge < -0.3 is 15.2 Å². The Kier molecular flexibility index (Phi) is 5.10. The topological polar surface area (TPSA) is 58.6 Å². The number of halogens is 1. The molecule has 0 radical (unpaired) electrons. The van der Waals surface area contributed by atoms with Crippen LogP contribution >= 0.6 is 0 Å². The van der Waals surface area contributed by atoms with Gasteiger partial charge in [0.1, 0.15) is 5.82 Å². The van der Waals surface area contributed by atoms with E-state index in [9.17, 15) is 9.18 Å². The summed E-state index contributed by atoms with van der Waals surface area (Å²) >= 11 is 0. The fourth-order valence-corrected chi connectivity index (χ4v) is 1.91. The second-order valence-electron chi connectivity index (χ2n) is 4.50. The molecule has 20 heavy (non-hydrogen) atoms. The number of rotatable bonds is 3. The standard InChI is InChI=1S/C15H16FNO3/c16-14-5-4-11(3-1-2-7-18)9-13(14)15(19)17-12-6-8-20-10-12/h4-5,9,12,18H,2,6-8,10H2,(H,17,19).